The highest BCUT2D eigenvalue weighted by molar-refractivity contribution is 6.08. The molecule has 0 atom stereocenters. The van der Waals surface area contributed by atoms with Gasteiger partial charge in [-0.05, 0) is 71.8 Å². The summed E-state index contributed by atoms with van der Waals surface area (Å²) in [4.78, 5) is 17.7. The smallest absolute Gasteiger partial charge is 0.369 e. The van der Waals surface area contributed by atoms with Crippen molar-refractivity contribution in [2.45, 2.75) is 12.7 Å². The van der Waals surface area contributed by atoms with Crippen molar-refractivity contribution in [3.8, 4) is 17.2 Å². The third-order valence-electron chi connectivity index (χ3n) is 7.08. The van der Waals surface area contributed by atoms with Crippen LogP contribution in [0, 0.1) is 17.1 Å². The quantitative estimate of drug-likeness (QED) is 0.260. The molecule has 0 aliphatic carbocycles. The Morgan fingerprint density at radius 3 is 2.22 bits per heavy atom. The zero-order valence-corrected chi connectivity index (χ0v) is 22.0. The van der Waals surface area contributed by atoms with Gasteiger partial charge in [0.25, 0.3) is 5.91 Å². The Balaban J connectivity index is 1.22. The molecule has 1 fully saturated rings. The van der Waals surface area contributed by atoms with Gasteiger partial charge in [0.05, 0.1) is 22.8 Å². The first-order valence-corrected chi connectivity index (χ1v) is 13.1. The lowest BCUT2D eigenvalue weighted by Crippen LogP contribution is -2.45. The summed E-state index contributed by atoms with van der Waals surface area (Å²) < 4.78 is 53.7. The topological polar surface area (TPSA) is 59.4 Å². The maximum Gasteiger partial charge on any atom is 0.416 e. The van der Waals surface area contributed by atoms with Crippen LogP contribution in [0.15, 0.2) is 91.0 Å². The summed E-state index contributed by atoms with van der Waals surface area (Å²) in [5.74, 6) is -1.27. The van der Waals surface area contributed by atoms with Crippen molar-refractivity contribution in [2.24, 2.45) is 0 Å². The number of piperazine rings is 1. The molecule has 0 aromatic heterocycles. The van der Waals surface area contributed by atoms with E-state index in [1.54, 1.807) is 18.2 Å². The van der Waals surface area contributed by atoms with Crippen LogP contribution in [0.4, 0.5) is 28.9 Å². The van der Waals surface area contributed by atoms with Crippen LogP contribution >= 0.6 is 0 Å². The van der Waals surface area contributed by atoms with Gasteiger partial charge >= 0.3 is 6.18 Å². The van der Waals surface area contributed by atoms with E-state index in [-0.39, 0.29) is 16.7 Å². The van der Waals surface area contributed by atoms with Crippen LogP contribution in [-0.2, 0) is 12.7 Å². The number of benzene rings is 4. The number of nitrogens with one attached hydrogen (secondary N) is 1. The molecule has 0 radical (unpaired) electrons. The Morgan fingerprint density at radius 1 is 0.878 bits per heavy atom. The van der Waals surface area contributed by atoms with E-state index in [1.165, 1.54) is 18.2 Å². The lowest BCUT2D eigenvalue weighted by Gasteiger charge is -2.36. The molecule has 1 heterocycles. The number of hydrogen-bond donors (Lipinski definition) is 1. The summed E-state index contributed by atoms with van der Waals surface area (Å²) in [6.45, 7) is 4.15. The van der Waals surface area contributed by atoms with Crippen LogP contribution in [0.5, 0.6) is 0 Å². The number of nitrogens with zero attached hydrogens (tertiary/aromatic N) is 3. The largest absolute Gasteiger partial charge is 0.416 e. The second kappa shape index (κ2) is 11.8. The molecular weight excluding hydrogens is 532 g/mol. The van der Waals surface area contributed by atoms with E-state index in [4.69, 9.17) is 5.26 Å². The standard InChI is InChI=1S/C32H26F4N4O/c33-29-6-2-5-28(30(29)24-7-9-25(10-8-24)32(34,35)36)31(41)38-26-11-13-27(14-12-26)40-17-15-39(16-18-40)21-23-4-1-3-22(19-23)20-37/h1-14,19H,15-18,21H2,(H,38,41). The van der Waals surface area contributed by atoms with Gasteiger partial charge in [-0.1, -0.05) is 30.3 Å². The molecule has 4 aromatic carbocycles. The number of anilines is 2. The second-order valence-corrected chi connectivity index (χ2v) is 9.81. The number of amides is 1. The van der Waals surface area contributed by atoms with Gasteiger partial charge in [0.2, 0.25) is 0 Å². The molecule has 1 amide bonds. The van der Waals surface area contributed by atoms with Crippen molar-refractivity contribution in [1.82, 2.24) is 4.90 Å². The van der Waals surface area contributed by atoms with E-state index in [2.05, 4.69) is 21.2 Å². The normalized spacial score (nSPS) is 14.0. The summed E-state index contributed by atoms with van der Waals surface area (Å²) in [7, 11) is 0. The number of nitriles is 1. The highest BCUT2D eigenvalue weighted by Gasteiger charge is 2.30. The Bertz CT molecular complexity index is 1570. The minimum Gasteiger partial charge on any atom is -0.369 e. The van der Waals surface area contributed by atoms with E-state index < -0.39 is 23.5 Å². The molecule has 5 rings (SSSR count). The molecule has 5 nitrogen and oxygen atoms in total. The molecular formula is C32H26F4N4O. The first-order valence-electron chi connectivity index (χ1n) is 13.1. The number of alkyl halides is 3. The van der Waals surface area contributed by atoms with Crippen LogP contribution < -0.4 is 10.2 Å². The van der Waals surface area contributed by atoms with Crippen LogP contribution in [0.1, 0.15) is 27.0 Å². The number of carbonyl (C=O) groups is 1. The fourth-order valence-corrected chi connectivity index (χ4v) is 4.95. The predicted molar refractivity (Wildman–Crippen MR) is 150 cm³/mol. The molecule has 1 N–H and O–H groups in total. The zero-order chi connectivity index (χ0) is 29.0. The van der Waals surface area contributed by atoms with Gasteiger partial charge in [0, 0.05) is 49.7 Å². The average Bonchev–Trinajstić information content (AvgIpc) is 2.97. The molecule has 1 aliphatic rings. The number of halogens is 4. The molecule has 1 saturated heterocycles. The van der Waals surface area contributed by atoms with Crippen LogP contribution in [0.25, 0.3) is 11.1 Å². The van der Waals surface area contributed by atoms with Crippen LogP contribution in [-0.4, -0.2) is 37.0 Å². The highest BCUT2D eigenvalue weighted by atomic mass is 19.4. The Hall–Kier alpha value is -4.68. The van der Waals surface area contributed by atoms with Crippen LogP contribution in [0.2, 0.25) is 0 Å². The molecule has 208 valence electrons. The van der Waals surface area contributed by atoms with E-state index in [0.717, 1.165) is 68.2 Å². The van der Waals surface area contributed by atoms with Gasteiger partial charge in [-0.25, -0.2) is 4.39 Å². The summed E-state index contributed by atoms with van der Waals surface area (Å²) in [5, 5.41) is 11.9. The predicted octanol–water partition coefficient (Wildman–Crippen LogP) is 6.96. The molecule has 0 unspecified atom stereocenters. The van der Waals surface area contributed by atoms with Crippen molar-refractivity contribution < 1.29 is 22.4 Å². The van der Waals surface area contributed by atoms with Crippen molar-refractivity contribution >= 4 is 17.3 Å². The number of hydrogen-bond acceptors (Lipinski definition) is 4. The summed E-state index contributed by atoms with van der Waals surface area (Å²) in [6, 6.07) is 25.2. The van der Waals surface area contributed by atoms with E-state index >= 15 is 0 Å². The van der Waals surface area contributed by atoms with Crippen molar-refractivity contribution in [2.75, 3.05) is 36.4 Å². The fraction of sp³-hybridized carbons (Fsp3) is 0.188. The molecule has 1 aliphatic heterocycles. The van der Waals surface area contributed by atoms with Crippen molar-refractivity contribution in [3.63, 3.8) is 0 Å². The molecule has 4 aromatic rings. The summed E-state index contributed by atoms with van der Waals surface area (Å²) in [6.07, 6.45) is -4.51. The van der Waals surface area contributed by atoms with Gasteiger partial charge in [0.15, 0.2) is 0 Å². The van der Waals surface area contributed by atoms with Crippen molar-refractivity contribution in [3.05, 3.63) is 119 Å². The van der Waals surface area contributed by atoms with Gasteiger partial charge < -0.3 is 10.2 Å². The first-order chi connectivity index (χ1) is 19.7. The summed E-state index contributed by atoms with van der Waals surface area (Å²) >= 11 is 0. The van der Waals surface area contributed by atoms with E-state index in [1.807, 2.05) is 30.3 Å². The fourth-order valence-electron chi connectivity index (χ4n) is 4.95. The van der Waals surface area contributed by atoms with Gasteiger partial charge in [-0.15, -0.1) is 0 Å². The van der Waals surface area contributed by atoms with Gasteiger partial charge in [0.1, 0.15) is 5.82 Å². The number of carbonyl (C=O) groups excluding carboxylic acids is 1. The molecule has 41 heavy (non-hydrogen) atoms. The molecule has 9 heteroatoms. The minimum absolute atomic E-state index is 0.0188. The molecule has 0 spiro atoms. The van der Waals surface area contributed by atoms with Gasteiger partial charge in [-0.3, -0.25) is 9.69 Å². The lowest BCUT2D eigenvalue weighted by molar-refractivity contribution is -0.137. The van der Waals surface area contributed by atoms with E-state index in [0.29, 0.717) is 11.3 Å². The zero-order valence-electron chi connectivity index (χ0n) is 22.0. The maximum atomic E-state index is 14.8. The highest BCUT2D eigenvalue weighted by Crippen LogP contribution is 2.33. The minimum atomic E-state index is -4.51. The summed E-state index contributed by atoms with van der Waals surface area (Å²) in [5.41, 5.74) is 2.56. The SMILES string of the molecule is N#Cc1cccc(CN2CCN(c3ccc(NC(=O)c4cccc(F)c4-c4ccc(C(F)(F)F)cc4)cc3)CC2)c1. The monoisotopic (exact) mass is 558 g/mol. The Morgan fingerprint density at radius 2 is 1.56 bits per heavy atom. The third kappa shape index (κ3) is 6.56. The average molecular weight is 559 g/mol. The Labute approximate surface area is 235 Å². The number of rotatable bonds is 6. The molecule has 0 saturated carbocycles. The second-order valence-electron chi connectivity index (χ2n) is 9.81. The van der Waals surface area contributed by atoms with E-state index in [9.17, 15) is 22.4 Å². The molecule has 0 bridgehead atoms. The van der Waals surface area contributed by atoms with Crippen molar-refractivity contribution in [1.29, 1.82) is 5.26 Å². The lowest BCUT2D eigenvalue weighted by atomic mass is 9.97. The van der Waals surface area contributed by atoms with Crippen LogP contribution in [0.3, 0.4) is 0 Å². The maximum absolute atomic E-state index is 14.8. The van der Waals surface area contributed by atoms with Gasteiger partial charge in [-0.2, -0.15) is 18.4 Å². The first kappa shape index (κ1) is 27.9. The third-order valence-corrected chi connectivity index (χ3v) is 7.08. The Kier molecular flexibility index (Phi) is 8.04.